The van der Waals surface area contributed by atoms with E-state index in [9.17, 15) is 4.39 Å². The Morgan fingerprint density at radius 2 is 1.58 bits per heavy atom. The fourth-order valence-electron chi connectivity index (χ4n) is 4.47. The molecule has 0 aliphatic heterocycles. The van der Waals surface area contributed by atoms with E-state index in [4.69, 9.17) is 0 Å². The van der Waals surface area contributed by atoms with Gasteiger partial charge < -0.3 is 0 Å². The Morgan fingerprint density at radius 1 is 0.818 bits per heavy atom. The van der Waals surface area contributed by atoms with Gasteiger partial charge in [0.25, 0.3) is 0 Å². The van der Waals surface area contributed by atoms with E-state index in [0.29, 0.717) is 0 Å². The van der Waals surface area contributed by atoms with E-state index in [1.807, 2.05) is 6.07 Å². The van der Waals surface area contributed by atoms with Crippen LogP contribution in [0.5, 0.6) is 0 Å². The van der Waals surface area contributed by atoms with Crippen LogP contribution in [0.1, 0.15) is 54.9 Å². The van der Waals surface area contributed by atoms with Crippen LogP contribution < -0.4 is 0 Å². The van der Waals surface area contributed by atoms with E-state index in [1.165, 1.54) is 39.2 Å². The highest BCUT2D eigenvalue weighted by Crippen LogP contribution is 2.44. The van der Waals surface area contributed by atoms with Crippen LogP contribution >= 0.6 is 11.8 Å². The molecule has 0 spiro atoms. The molecule has 3 aromatic rings. The number of thioether (sulfide) groups is 1. The predicted octanol–water partition coefficient (Wildman–Crippen LogP) is 9.23. The number of hydrogen-bond donors (Lipinski definition) is 0. The molecule has 0 aromatic heterocycles. The molecule has 0 nitrogen and oxygen atoms in total. The third-order valence-electron chi connectivity index (χ3n) is 6.29. The number of aryl methyl sites for hydroxylation is 1. The van der Waals surface area contributed by atoms with E-state index in [1.54, 1.807) is 23.9 Å². The molecule has 1 aliphatic carbocycles. The summed E-state index contributed by atoms with van der Waals surface area (Å²) in [6.45, 7) is 2.18. The summed E-state index contributed by atoms with van der Waals surface area (Å²) in [4.78, 5) is 1.26. The van der Waals surface area contributed by atoms with Crippen LogP contribution in [0.15, 0.2) is 95.4 Å². The second-order valence-corrected chi connectivity index (χ2v) is 9.39. The van der Waals surface area contributed by atoms with Crippen LogP contribution in [0.25, 0.3) is 17.2 Å². The first-order chi connectivity index (χ1) is 16.2. The topological polar surface area (TPSA) is 0 Å². The third-order valence-corrected chi connectivity index (χ3v) is 7.03. The van der Waals surface area contributed by atoms with E-state index < -0.39 is 0 Å². The van der Waals surface area contributed by atoms with Crippen molar-refractivity contribution in [3.63, 3.8) is 0 Å². The summed E-state index contributed by atoms with van der Waals surface area (Å²) in [7, 11) is 0. The zero-order valence-electron chi connectivity index (χ0n) is 19.5. The molecule has 168 valence electrons. The van der Waals surface area contributed by atoms with Crippen LogP contribution in [0.2, 0.25) is 0 Å². The second kappa shape index (κ2) is 11.3. The average Bonchev–Trinajstić information content (AvgIpc) is 3.09. The molecule has 0 amide bonds. The largest absolute Gasteiger partial charge is 0.207 e. The van der Waals surface area contributed by atoms with E-state index in [2.05, 4.69) is 86.0 Å². The van der Waals surface area contributed by atoms with Gasteiger partial charge in [0.05, 0.1) is 0 Å². The van der Waals surface area contributed by atoms with Gasteiger partial charge in [0.2, 0.25) is 0 Å². The maximum absolute atomic E-state index is 14.1. The number of rotatable bonds is 9. The zero-order chi connectivity index (χ0) is 23.0. The summed E-state index contributed by atoms with van der Waals surface area (Å²) >= 11 is 1.75. The average molecular weight is 455 g/mol. The van der Waals surface area contributed by atoms with Crippen molar-refractivity contribution in [3.8, 4) is 0 Å². The molecular formula is C31H31FS. The summed E-state index contributed by atoms with van der Waals surface area (Å²) < 4.78 is 14.1. The number of fused-ring (bicyclic) bond motifs is 1. The minimum absolute atomic E-state index is 0.166. The molecule has 0 heterocycles. The van der Waals surface area contributed by atoms with Crippen LogP contribution in [0.3, 0.4) is 0 Å². The van der Waals surface area contributed by atoms with E-state index >= 15 is 0 Å². The highest BCUT2D eigenvalue weighted by molar-refractivity contribution is 7.98. The van der Waals surface area contributed by atoms with Crippen molar-refractivity contribution < 1.29 is 4.39 Å². The molecule has 0 atom stereocenters. The zero-order valence-corrected chi connectivity index (χ0v) is 20.3. The molecule has 0 bridgehead atoms. The standard InChI is InChI=1S/C31H31FS/c1-23-28(14-10-5-3-4-7-11-24-12-8-6-9-13-24)31-22-26(32)17-20-29(31)30(23)21-25-15-18-27(33-2)19-16-25/h3,5-6,8-9,12-13,15-22H,4,7,10-11,14H2,1-2H3. The van der Waals surface area contributed by atoms with Gasteiger partial charge in [0.15, 0.2) is 0 Å². The maximum Gasteiger partial charge on any atom is 0.123 e. The fourth-order valence-corrected chi connectivity index (χ4v) is 4.88. The summed E-state index contributed by atoms with van der Waals surface area (Å²) in [6.07, 6.45) is 14.2. The van der Waals surface area contributed by atoms with Crippen molar-refractivity contribution >= 4 is 29.0 Å². The smallest absolute Gasteiger partial charge is 0.123 e. The number of allylic oxidation sites excluding steroid dienone is 5. The summed E-state index contributed by atoms with van der Waals surface area (Å²) in [5, 5.41) is 0. The van der Waals surface area contributed by atoms with Crippen molar-refractivity contribution in [2.24, 2.45) is 0 Å². The lowest BCUT2D eigenvalue weighted by molar-refractivity contribution is 0.627. The second-order valence-electron chi connectivity index (χ2n) is 8.51. The van der Waals surface area contributed by atoms with Gasteiger partial charge in [0.1, 0.15) is 5.82 Å². The van der Waals surface area contributed by atoms with E-state index in [0.717, 1.165) is 36.8 Å². The molecule has 33 heavy (non-hydrogen) atoms. The van der Waals surface area contributed by atoms with Gasteiger partial charge in [-0.15, -0.1) is 11.8 Å². The van der Waals surface area contributed by atoms with Gasteiger partial charge in [-0.05, 0) is 115 Å². The Bertz CT molecular complexity index is 1170. The van der Waals surface area contributed by atoms with Crippen molar-refractivity contribution in [1.82, 2.24) is 0 Å². The summed E-state index contributed by atoms with van der Waals surface area (Å²) in [6, 6.07) is 24.5. The molecule has 0 radical (unpaired) electrons. The van der Waals surface area contributed by atoms with Gasteiger partial charge in [0, 0.05) is 4.90 Å². The molecule has 2 heteroatoms. The minimum atomic E-state index is -0.166. The molecule has 0 fully saturated rings. The molecule has 0 N–H and O–H groups in total. The lowest BCUT2D eigenvalue weighted by atomic mass is 10.00. The first kappa shape index (κ1) is 23.3. The number of halogens is 1. The van der Waals surface area contributed by atoms with Crippen LogP contribution in [-0.2, 0) is 6.42 Å². The first-order valence-electron chi connectivity index (χ1n) is 11.7. The fraction of sp³-hybridized carbons (Fsp3) is 0.226. The molecule has 0 unspecified atom stereocenters. The van der Waals surface area contributed by atoms with Crippen molar-refractivity contribution in [2.75, 3.05) is 6.26 Å². The van der Waals surface area contributed by atoms with Crippen LogP contribution in [0.4, 0.5) is 4.39 Å². The predicted molar refractivity (Wildman–Crippen MR) is 143 cm³/mol. The molecule has 3 aromatic carbocycles. The Morgan fingerprint density at radius 3 is 2.33 bits per heavy atom. The molecule has 0 saturated carbocycles. The van der Waals surface area contributed by atoms with Crippen LogP contribution in [0, 0.1) is 5.82 Å². The maximum atomic E-state index is 14.1. The van der Waals surface area contributed by atoms with Gasteiger partial charge in [-0.25, -0.2) is 4.39 Å². The van der Waals surface area contributed by atoms with Gasteiger partial charge >= 0.3 is 0 Å². The number of hydrogen-bond acceptors (Lipinski definition) is 1. The SMILES string of the molecule is CSc1ccc(C=C2C(C)=C(CCC=CCCCc3ccccc3)c3cc(F)ccc32)cc1. The van der Waals surface area contributed by atoms with Crippen molar-refractivity contribution in [1.29, 1.82) is 0 Å². The van der Waals surface area contributed by atoms with Gasteiger partial charge in [-0.1, -0.05) is 60.7 Å². The highest BCUT2D eigenvalue weighted by atomic mass is 32.2. The highest BCUT2D eigenvalue weighted by Gasteiger charge is 2.23. The quantitative estimate of drug-likeness (QED) is 0.176. The Hall–Kier alpha value is -2.84. The molecule has 1 aliphatic rings. The number of unbranched alkanes of at least 4 members (excludes halogenated alkanes) is 1. The Labute approximate surface area is 202 Å². The lowest BCUT2D eigenvalue weighted by Gasteiger charge is -2.05. The van der Waals surface area contributed by atoms with Crippen molar-refractivity contribution in [3.05, 3.63) is 119 Å². The first-order valence-corrected chi connectivity index (χ1v) is 12.9. The molecule has 0 saturated heterocycles. The van der Waals surface area contributed by atoms with Crippen LogP contribution in [-0.4, -0.2) is 6.26 Å². The molecular weight excluding hydrogens is 423 g/mol. The van der Waals surface area contributed by atoms with Gasteiger partial charge in [-0.2, -0.15) is 0 Å². The monoisotopic (exact) mass is 454 g/mol. The summed E-state index contributed by atoms with van der Waals surface area (Å²) in [5.74, 6) is -0.166. The normalized spacial score (nSPS) is 14.5. The van der Waals surface area contributed by atoms with Gasteiger partial charge in [-0.3, -0.25) is 0 Å². The summed E-state index contributed by atoms with van der Waals surface area (Å²) in [5.41, 5.74) is 8.52. The Balaban J connectivity index is 1.43. The van der Waals surface area contributed by atoms with E-state index in [-0.39, 0.29) is 5.82 Å². The lowest BCUT2D eigenvalue weighted by Crippen LogP contribution is -1.87. The molecule has 4 rings (SSSR count). The minimum Gasteiger partial charge on any atom is -0.207 e. The van der Waals surface area contributed by atoms with Crippen molar-refractivity contribution in [2.45, 2.75) is 43.9 Å². The Kier molecular flexibility index (Phi) is 8.01. The third kappa shape index (κ3) is 5.94. The number of benzene rings is 3.